The number of amides is 1. The van der Waals surface area contributed by atoms with Gasteiger partial charge in [-0.2, -0.15) is 0 Å². The van der Waals surface area contributed by atoms with Gasteiger partial charge in [0.1, 0.15) is 5.65 Å². The molecule has 25 heavy (non-hydrogen) atoms. The Labute approximate surface area is 159 Å². The molecular formula is C18H15Cl2N3OS. The van der Waals surface area contributed by atoms with E-state index in [0.29, 0.717) is 22.4 Å². The molecule has 0 spiro atoms. The van der Waals surface area contributed by atoms with Gasteiger partial charge in [0, 0.05) is 34.5 Å². The van der Waals surface area contributed by atoms with Gasteiger partial charge in [0.2, 0.25) is 5.91 Å². The molecule has 7 heteroatoms. The summed E-state index contributed by atoms with van der Waals surface area (Å²) in [5.74, 6) is 0.607. The molecule has 0 radical (unpaired) electrons. The van der Waals surface area contributed by atoms with Crippen LogP contribution in [0.1, 0.15) is 5.69 Å². The first-order chi connectivity index (χ1) is 12.1. The molecule has 0 bridgehead atoms. The minimum absolute atomic E-state index is 0.168. The molecule has 2 aromatic heterocycles. The summed E-state index contributed by atoms with van der Waals surface area (Å²) in [6.45, 7) is 0.567. The number of hydrogen-bond acceptors (Lipinski definition) is 3. The largest absolute Gasteiger partial charge is 0.352 e. The van der Waals surface area contributed by atoms with Crippen LogP contribution in [-0.4, -0.2) is 27.6 Å². The van der Waals surface area contributed by atoms with Crippen molar-refractivity contribution in [1.29, 1.82) is 0 Å². The van der Waals surface area contributed by atoms with Crippen LogP contribution >= 0.6 is 35.0 Å². The lowest BCUT2D eigenvalue weighted by Crippen LogP contribution is -2.23. The highest BCUT2D eigenvalue weighted by atomic mass is 35.5. The van der Waals surface area contributed by atoms with Crippen LogP contribution in [0.15, 0.2) is 59.6 Å². The Morgan fingerprint density at radius 2 is 2.00 bits per heavy atom. The Morgan fingerprint density at radius 3 is 2.80 bits per heavy atom. The number of thioether (sulfide) groups is 1. The number of nitrogens with zero attached hydrogens (tertiary/aromatic N) is 2. The zero-order chi connectivity index (χ0) is 17.6. The van der Waals surface area contributed by atoms with E-state index in [-0.39, 0.29) is 5.91 Å². The van der Waals surface area contributed by atoms with Crippen LogP contribution in [0.25, 0.3) is 11.7 Å². The smallest absolute Gasteiger partial charge is 0.244 e. The lowest BCUT2D eigenvalue weighted by Gasteiger charge is -2.03. The van der Waals surface area contributed by atoms with Crippen molar-refractivity contribution < 1.29 is 4.79 Å². The van der Waals surface area contributed by atoms with E-state index >= 15 is 0 Å². The lowest BCUT2D eigenvalue weighted by molar-refractivity contribution is -0.116. The first-order valence-electron chi connectivity index (χ1n) is 7.60. The zero-order valence-corrected chi connectivity index (χ0v) is 15.5. The van der Waals surface area contributed by atoms with Crippen molar-refractivity contribution >= 4 is 52.6 Å². The number of benzene rings is 1. The predicted molar refractivity (Wildman–Crippen MR) is 104 cm³/mol. The maximum atomic E-state index is 11.9. The fraction of sp³-hybridized carbons (Fsp3) is 0.111. The maximum Gasteiger partial charge on any atom is 0.244 e. The second-order valence-corrected chi connectivity index (χ2v) is 7.11. The van der Waals surface area contributed by atoms with Crippen molar-refractivity contribution in [2.45, 2.75) is 4.90 Å². The quantitative estimate of drug-likeness (QED) is 0.380. The predicted octanol–water partition coefficient (Wildman–Crippen LogP) is 4.56. The molecule has 0 aliphatic carbocycles. The molecule has 0 saturated carbocycles. The molecule has 1 N–H and O–H groups in total. The molecule has 3 aromatic rings. The van der Waals surface area contributed by atoms with Crippen molar-refractivity contribution in [3.8, 4) is 0 Å². The average molecular weight is 392 g/mol. The van der Waals surface area contributed by atoms with Crippen LogP contribution in [-0.2, 0) is 4.79 Å². The summed E-state index contributed by atoms with van der Waals surface area (Å²) in [4.78, 5) is 17.3. The van der Waals surface area contributed by atoms with Gasteiger partial charge in [-0.15, -0.1) is 11.8 Å². The number of carbonyl (C=O) groups excluding carboxylic acids is 1. The number of halogens is 2. The minimum atomic E-state index is -0.168. The molecule has 0 fully saturated rings. The highest BCUT2D eigenvalue weighted by Gasteiger charge is 2.07. The highest BCUT2D eigenvalue weighted by molar-refractivity contribution is 7.99. The van der Waals surface area contributed by atoms with Gasteiger partial charge in [0.15, 0.2) is 5.15 Å². The SMILES string of the molecule is O=C(/C=C/c1c(Cl)nc2ccccn12)NCCSc1ccc(Cl)cc1. The molecule has 0 unspecified atom stereocenters. The van der Waals surface area contributed by atoms with Crippen LogP contribution in [0.3, 0.4) is 0 Å². The molecule has 2 heterocycles. The maximum absolute atomic E-state index is 11.9. The van der Waals surface area contributed by atoms with Crippen molar-refractivity contribution in [2.75, 3.05) is 12.3 Å². The third kappa shape index (κ3) is 4.78. The van der Waals surface area contributed by atoms with Crippen molar-refractivity contribution in [2.24, 2.45) is 0 Å². The van der Waals surface area contributed by atoms with Gasteiger partial charge in [0.05, 0.1) is 5.69 Å². The van der Waals surface area contributed by atoms with Crippen molar-refractivity contribution in [1.82, 2.24) is 14.7 Å². The van der Waals surface area contributed by atoms with Crippen LogP contribution in [0.2, 0.25) is 10.2 Å². The first-order valence-corrected chi connectivity index (χ1v) is 9.34. The fourth-order valence-corrected chi connectivity index (χ4v) is 3.36. The third-order valence-corrected chi connectivity index (χ3v) is 4.94. The Hall–Kier alpha value is -1.95. The molecule has 0 aliphatic heterocycles. The summed E-state index contributed by atoms with van der Waals surface area (Å²) in [6, 6.07) is 13.3. The summed E-state index contributed by atoms with van der Waals surface area (Å²) in [6.07, 6.45) is 4.99. The van der Waals surface area contributed by atoms with E-state index in [4.69, 9.17) is 23.2 Å². The molecule has 3 rings (SSSR count). The average Bonchev–Trinajstić information content (AvgIpc) is 2.93. The van der Waals surface area contributed by atoms with E-state index in [1.165, 1.54) is 6.08 Å². The van der Waals surface area contributed by atoms with Gasteiger partial charge in [-0.3, -0.25) is 9.20 Å². The van der Waals surface area contributed by atoms with Crippen LogP contribution < -0.4 is 5.32 Å². The van der Waals surface area contributed by atoms with E-state index in [9.17, 15) is 4.79 Å². The van der Waals surface area contributed by atoms with E-state index in [0.717, 1.165) is 16.3 Å². The Kier molecular flexibility index (Phi) is 6.02. The van der Waals surface area contributed by atoms with Gasteiger partial charge >= 0.3 is 0 Å². The Balaban J connectivity index is 1.51. The van der Waals surface area contributed by atoms with E-state index < -0.39 is 0 Å². The van der Waals surface area contributed by atoms with E-state index in [2.05, 4.69) is 10.3 Å². The first kappa shape index (κ1) is 17.9. The third-order valence-electron chi connectivity index (χ3n) is 3.40. The number of hydrogen-bond donors (Lipinski definition) is 1. The summed E-state index contributed by atoms with van der Waals surface area (Å²) in [7, 11) is 0. The number of pyridine rings is 1. The topological polar surface area (TPSA) is 46.4 Å². The molecule has 1 aromatic carbocycles. The van der Waals surface area contributed by atoms with Crippen molar-refractivity contribution in [3.63, 3.8) is 0 Å². The number of rotatable bonds is 6. The molecule has 0 atom stereocenters. The second-order valence-electron chi connectivity index (χ2n) is 5.14. The molecule has 0 aliphatic rings. The summed E-state index contributed by atoms with van der Waals surface area (Å²) >= 11 is 13.6. The summed E-state index contributed by atoms with van der Waals surface area (Å²) in [5, 5.41) is 3.93. The van der Waals surface area contributed by atoms with Gasteiger partial charge in [0.25, 0.3) is 0 Å². The van der Waals surface area contributed by atoms with Crippen LogP contribution in [0.4, 0.5) is 0 Å². The number of nitrogens with one attached hydrogen (secondary N) is 1. The fourth-order valence-electron chi connectivity index (χ4n) is 2.22. The van der Waals surface area contributed by atoms with Crippen LogP contribution in [0.5, 0.6) is 0 Å². The van der Waals surface area contributed by atoms with E-state index in [1.54, 1.807) is 17.8 Å². The molecule has 4 nitrogen and oxygen atoms in total. The molecule has 1 amide bonds. The molecule has 128 valence electrons. The lowest BCUT2D eigenvalue weighted by atomic mass is 10.3. The molecular weight excluding hydrogens is 377 g/mol. The minimum Gasteiger partial charge on any atom is -0.352 e. The summed E-state index contributed by atoms with van der Waals surface area (Å²) < 4.78 is 1.84. The van der Waals surface area contributed by atoms with Gasteiger partial charge in [-0.1, -0.05) is 29.3 Å². The highest BCUT2D eigenvalue weighted by Crippen LogP contribution is 2.20. The van der Waals surface area contributed by atoms with Crippen LogP contribution in [0, 0.1) is 0 Å². The van der Waals surface area contributed by atoms with Gasteiger partial charge in [-0.25, -0.2) is 4.98 Å². The second kappa shape index (κ2) is 8.43. The molecule has 0 saturated heterocycles. The normalized spacial score (nSPS) is 11.3. The number of carbonyl (C=O) groups is 1. The number of aromatic nitrogens is 2. The van der Waals surface area contributed by atoms with E-state index in [1.807, 2.05) is 53.1 Å². The monoisotopic (exact) mass is 391 g/mol. The number of imidazole rings is 1. The van der Waals surface area contributed by atoms with Crippen molar-refractivity contribution in [3.05, 3.63) is 70.6 Å². The Morgan fingerprint density at radius 1 is 1.20 bits per heavy atom. The zero-order valence-electron chi connectivity index (χ0n) is 13.2. The standard InChI is InChI=1S/C18H15Cl2N3OS/c19-13-4-6-14(7-5-13)25-12-10-21-17(24)9-8-15-18(20)22-16-3-1-2-11-23(15)16/h1-9,11H,10,12H2,(H,21,24)/b9-8+. The summed E-state index contributed by atoms with van der Waals surface area (Å²) in [5.41, 5.74) is 1.43. The number of fused-ring (bicyclic) bond motifs is 1. The Bertz CT molecular complexity index is 906. The van der Waals surface area contributed by atoms with Gasteiger partial charge < -0.3 is 5.32 Å². The van der Waals surface area contributed by atoms with Gasteiger partial charge in [-0.05, 0) is 42.5 Å².